The molecule has 0 bridgehead atoms. The molecular formula is C18H15Cl2N3O4S. The molecule has 0 unspecified atom stereocenters. The minimum Gasteiger partial charge on any atom is -0.352 e. The molecule has 1 heterocycles. The molecule has 146 valence electrons. The molecule has 0 saturated carbocycles. The number of Topliss-reactive ketones (excluding diaryl/α,β-unsaturated/α-hetero) is 1. The summed E-state index contributed by atoms with van der Waals surface area (Å²) >= 11 is 11.8. The minimum atomic E-state index is -3.93. The van der Waals surface area contributed by atoms with Crippen molar-refractivity contribution in [3.05, 3.63) is 58.2 Å². The lowest BCUT2D eigenvalue weighted by atomic mass is 10.1. The zero-order chi connectivity index (χ0) is 20.6. The number of aryl methyl sites for hydroxylation is 1. The monoisotopic (exact) mass is 439 g/mol. The number of halogens is 2. The quantitative estimate of drug-likeness (QED) is 0.470. The third-order valence-corrected chi connectivity index (χ3v) is 5.86. The molecule has 10 heteroatoms. The first-order valence-electron chi connectivity index (χ1n) is 7.97. The molecule has 0 saturated heterocycles. The first kappa shape index (κ1) is 20.2. The Balaban J connectivity index is 2.00. The van der Waals surface area contributed by atoms with E-state index in [0.29, 0.717) is 10.9 Å². The van der Waals surface area contributed by atoms with Crippen LogP contribution in [0.3, 0.4) is 0 Å². The lowest BCUT2D eigenvalue weighted by Gasteiger charge is -2.10. The number of aromatic nitrogens is 1. The molecule has 1 amide bonds. The fourth-order valence-electron chi connectivity index (χ4n) is 2.76. The lowest BCUT2D eigenvalue weighted by Crippen LogP contribution is -2.27. The van der Waals surface area contributed by atoms with Crippen LogP contribution in [-0.2, 0) is 21.9 Å². The Morgan fingerprint density at radius 2 is 1.68 bits per heavy atom. The summed E-state index contributed by atoms with van der Waals surface area (Å²) in [6, 6.07) is 8.66. The highest BCUT2D eigenvalue weighted by molar-refractivity contribution is 7.92. The Morgan fingerprint density at radius 1 is 1.04 bits per heavy atom. The fourth-order valence-corrected chi connectivity index (χ4v) is 4.54. The van der Waals surface area contributed by atoms with Crippen molar-refractivity contribution in [1.82, 2.24) is 9.88 Å². The minimum absolute atomic E-state index is 0.0764. The van der Waals surface area contributed by atoms with Crippen molar-refractivity contribution in [2.75, 3.05) is 11.8 Å². The van der Waals surface area contributed by atoms with Crippen molar-refractivity contribution in [3.8, 4) is 0 Å². The average Bonchev–Trinajstić information content (AvgIpc) is 2.95. The highest BCUT2D eigenvalue weighted by Gasteiger charge is 2.21. The molecule has 2 N–H and O–H groups in total. The van der Waals surface area contributed by atoms with Crippen LogP contribution >= 0.6 is 23.2 Å². The van der Waals surface area contributed by atoms with Gasteiger partial charge in [-0.15, -0.1) is 0 Å². The van der Waals surface area contributed by atoms with Crippen molar-refractivity contribution in [3.63, 3.8) is 0 Å². The Bertz CT molecular complexity index is 1200. The first-order valence-corrected chi connectivity index (χ1v) is 10.2. The Labute approximate surface area is 171 Å². The van der Waals surface area contributed by atoms with E-state index in [9.17, 15) is 18.0 Å². The highest BCUT2D eigenvalue weighted by Crippen LogP contribution is 2.28. The Morgan fingerprint density at radius 3 is 2.29 bits per heavy atom. The van der Waals surface area contributed by atoms with E-state index >= 15 is 0 Å². The van der Waals surface area contributed by atoms with Gasteiger partial charge < -0.3 is 9.88 Å². The topological polar surface area (TPSA) is 97.3 Å². The summed E-state index contributed by atoms with van der Waals surface area (Å²) in [5.41, 5.74) is 1.09. The second-order valence-corrected chi connectivity index (χ2v) is 8.56. The van der Waals surface area contributed by atoms with Crippen molar-refractivity contribution >= 4 is 61.5 Å². The molecule has 0 atom stereocenters. The molecule has 0 aliphatic rings. The predicted molar refractivity (Wildman–Crippen MR) is 109 cm³/mol. The van der Waals surface area contributed by atoms with Gasteiger partial charge in [0.15, 0.2) is 0 Å². The average molecular weight is 440 g/mol. The van der Waals surface area contributed by atoms with Crippen molar-refractivity contribution in [2.24, 2.45) is 7.05 Å². The second-order valence-electron chi connectivity index (χ2n) is 6.00. The number of amides is 1. The largest absolute Gasteiger partial charge is 0.352 e. The lowest BCUT2D eigenvalue weighted by molar-refractivity contribution is -0.116. The molecule has 0 spiro atoms. The van der Waals surface area contributed by atoms with E-state index in [1.165, 1.54) is 37.5 Å². The number of benzene rings is 2. The number of nitrogens with zero attached hydrogens (tertiary/aromatic N) is 1. The molecule has 28 heavy (non-hydrogen) atoms. The number of ketones is 1. The number of likely N-dealkylation sites (N-methyl/N-ethyl adjacent to an activating group) is 1. The summed E-state index contributed by atoms with van der Waals surface area (Å²) in [5, 5.41) is 3.22. The van der Waals surface area contributed by atoms with Gasteiger partial charge in [0.2, 0.25) is 0 Å². The van der Waals surface area contributed by atoms with E-state index < -0.39 is 21.7 Å². The predicted octanol–water partition coefficient (Wildman–Crippen LogP) is 3.21. The summed E-state index contributed by atoms with van der Waals surface area (Å²) in [7, 11) is -0.858. The normalized spacial score (nSPS) is 11.4. The smallest absolute Gasteiger partial charge is 0.292 e. The van der Waals surface area contributed by atoms with E-state index in [1.54, 1.807) is 23.7 Å². The molecule has 1 aromatic heterocycles. The van der Waals surface area contributed by atoms with Crippen molar-refractivity contribution < 1.29 is 18.0 Å². The number of carbonyl (C=O) groups is 2. The fraction of sp³-hybridized carbons (Fsp3) is 0.111. The van der Waals surface area contributed by atoms with Gasteiger partial charge in [-0.25, -0.2) is 8.42 Å². The van der Waals surface area contributed by atoms with Gasteiger partial charge >= 0.3 is 0 Å². The number of fused-ring (bicyclic) bond motifs is 1. The van der Waals surface area contributed by atoms with Gasteiger partial charge in [0.25, 0.3) is 21.7 Å². The van der Waals surface area contributed by atoms with Crippen LogP contribution in [-0.4, -0.2) is 31.7 Å². The van der Waals surface area contributed by atoms with Crippen LogP contribution in [0.2, 0.25) is 10.0 Å². The van der Waals surface area contributed by atoms with Gasteiger partial charge in [-0.3, -0.25) is 14.3 Å². The third kappa shape index (κ3) is 3.84. The Kier molecular flexibility index (Phi) is 5.38. The van der Waals surface area contributed by atoms with Gasteiger partial charge in [0, 0.05) is 35.7 Å². The van der Waals surface area contributed by atoms with Crippen LogP contribution in [0.4, 0.5) is 5.69 Å². The SMILES string of the molecule is CNC(=O)C(=O)c1cn(C)c2cc(NS(=O)(=O)c3cc(Cl)cc(Cl)c3)ccc12. The molecule has 3 rings (SSSR count). The summed E-state index contributed by atoms with van der Waals surface area (Å²) in [4.78, 5) is 23.8. The Hall–Kier alpha value is -2.55. The summed E-state index contributed by atoms with van der Waals surface area (Å²) < 4.78 is 29.3. The van der Waals surface area contributed by atoms with Crippen LogP contribution < -0.4 is 10.0 Å². The van der Waals surface area contributed by atoms with Gasteiger partial charge in [-0.05, 0) is 36.4 Å². The van der Waals surface area contributed by atoms with E-state index in [0.717, 1.165) is 0 Å². The number of sulfonamides is 1. The van der Waals surface area contributed by atoms with Crippen LogP contribution in [0.1, 0.15) is 10.4 Å². The maximum Gasteiger partial charge on any atom is 0.292 e. The van der Waals surface area contributed by atoms with Crippen LogP contribution in [0, 0.1) is 0 Å². The van der Waals surface area contributed by atoms with E-state index in [4.69, 9.17) is 23.2 Å². The molecular weight excluding hydrogens is 425 g/mol. The number of hydrogen-bond donors (Lipinski definition) is 2. The highest BCUT2D eigenvalue weighted by atomic mass is 35.5. The standard InChI is InChI=1S/C18H15Cl2N3O4S/c1-21-18(25)17(24)15-9-23(2)16-8-12(3-4-14(15)16)22-28(26,27)13-6-10(19)5-11(20)7-13/h3-9,22H,1-2H3,(H,21,25). The van der Waals surface area contributed by atoms with E-state index in [-0.39, 0.29) is 26.2 Å². The third-order valence-electron chi connectivity index (χ3n) is 4.07. The van der Waals surface area contributed by atoms with Gasteiger partial charge in [-0.2, -0.15) is 0 Å². The summed E-state index contributed by atoms with van der Waals surface area (Å²) in [6.45, 7) is 0. The number of hydrogen-bond acceptors (Lipinski definition) is 4. The first-order chi connectivity index (χ1) is 13.1. The molecule has 0 aliphatic heterocycles. The van der Waals surface area contributed by atoms with Crippen LogP contribution in [0.15, 0.2) is 47.5 Å². The van der Waals surface area contributed by atoms with Gasteiger partial charge in [0.05, 0.1) is 21.7 Å². The van der Waals surface area contributed by atoms with Crippen molar-refractivity contribution in [2.45, 2.75) is 4.90 Å². The molecule has 3 aromatic rings. The van der Waals surface area contributed by atoms with Gasteiger partial charge in [-0.1, -0.05) is 23.2 Å². The number of rotatable bonds is 5. The summed E-state index contributed by atoms with van der Waals surface area (Å²) in [6.07, 6.45) is 1.53. The van der Waals surface area contributed by atoms with Crippen LogP contribution in [0.25, 0.3) is 10.9 Å². The van der Waals surface area contributed by atoms with E-state index in [1.807, 2.05) is 0 Å². The summed E-state index contributed by atoms with van der Waals surface area (Å²) in [5.74, 6) is -1.40. The maximum absolute atomic E-state index is 12.6. The number of anilines is 1. The van der Waals surface area contributed by atoms with Gasteiger partial charge in [0.1, 0.15) is 0 Å². The molecule has 0 aliphatic carbocycles. The zero-order valence-corrected chi connectivity index (χ0v) is 17.1. The molecule has 7 nitrogen and oxygen atoms in total. The molecule has 0 radical (unpaired) electrons. The molecule has 0 fully saturated rings. The maximum atomic E-state index is 12.6. The number of nitrogens with one attached hydrogen (secondary N) is 2. The van der Waals surface area contributed by atoms with E-state index in [2.05, 4.69) is 10.0 Å². The van der Waals surface area contributed by atoms with Crippen LogP contribution in [0.5, 0.6) is 0 Å². The number of carbonyl (C=O) groups excluding carboxylic acids is 2. The second kappa shape index (κ2) is 7.46. The zero-order valence-electron chi connectivity index (χ0n) is 14.8. The molecule has 2 aromatic carbocycles. The van der Waals surface area contributed by atoms with Crippen molar-refractivity contribution in [1.29, 1.82) is 0 Å².